The molecule has 0 fully saturated rings. The van der Waals surface area contributed by atoms with Crippen molar-refractivity contribution in [2.75, 3.05) is 0 Å². The molecule has 0 aliphatic rings. The highest BCUT2D eigenvalue weighted by Gasteiger charge is 2.26. The average Bonchev–Trinajstić information content (AvgIpc) is 2.43. The maximum absolute atomic E-state index is 13.5. The minimum atomic E-state index is -2.24. The number of carbonyl (C=O) groups excluding carboxylic acids is 2. The van der Waals surface area contributed by atoms with Crippen LogP contribution in [0.4, 0.5) is 4.39 Å². The number of rotatable bonds is 4. The van der Waals surface area contributed by atoms with Gasteiger partial charge in [-0.1, -0.05) is 6.92 Å². The van der Waals surface area contributed by atoms with E-state index in [1.807, 2.05) is 0 Å². The first-order chi connectivity index (χ1) is 8.53. The fourth-order valence-corrected chi connectivity index (χ4v) is 1.37. The van der Waals surface area contributed by atoms with Gasteiger partial charge in [0.2, 0.25) is 12.0 Å². The van der Waals surface area contributed by atoms with Gasteiger partial charge < -0.3 is 0 Å². The van der Waals surface area contributed by atoms with Gasteiger partial charge in [0.05, 0.1) is 23.3 Å². The molecular formula is C13H9FN2O2. The summed E-state index contributed by atoms with van der Waals surface area (Å²) in [5, 5.41) is 17.5. The molecule has 0 amide bonds. The highest BCUT2D eigenvalue weighted by Crippen LogP contribution is 2.14. The Hall–Kier alpha value is -2.53. The largest absolute Gasteiger partial charge is 0.296 e. The van der Waals surface area contributed by atoms with Gasteiger partial charge in [0.1, 0.15) is 0 Å². The Kier molecular flexibility index (Phi) is 4.28. The molecule has 1 rings (SSSR count). The quantitative estimate of drug-likeness (QED) is 0.598. The van der Waals surface area contributed by atoms with Crippen molar-refractivity contribution in [1.29, 1.82) is 10.5 Å². The highest BCUT2D eigenvalue weighted by molar-refractivity contribution is 6.13. The van der Waals surface area contributed by atoms with E-state index in [0.29, 0.717) is 0 Å². The zero-order valence-electron chi connectivity index (χ0n) is 9.61. The third-order valence-corrected chi connectivity index (χ3v) is 2.34. The van der Waals surface area contributed by atoms with Crippen molar-refractivity contribution >= 4 is 11.6 Å². The van der Waals surface area contributed by atoms with Crippen molar-refractivity contribution in [3.8, 4) is 12.1 Å². The molecule has 0 heterocycles. The minimum Gasteiger partial charge on any atom is -0.296 e. The molecule has 0 aromatic heterocycles. The number of Topliss-reactive ketones (excluding diaryl/α,β-unsaturated/α-hetero) is 2. The molecule has 1 aromatic rings. The first kappa shape index (κ1) is 13.5. The lowest BCUT2D eigenvalue weighted by molar-refractivity contribution is -0.121. The number of carbonyl (C=O) groups is 2. The van der Waals surface area contributed by atoms with Crippen LogP contribution in [0.1, 0.15) is 34.8 Å². The van der Waals surface area contributed by atoms with Crippen LogP contribution >= 0.6 is 0 Å². The summed E-state index contributed by atoms with van der Waals surface area (Å²) in [6.07, 6.45) is -2.33. The lowest BCUT2D eigenvalue weighted by atomic mass is 9.99. The molecule has 18 heavy (non-hydrogen) atoms. The second-order valence-electron chi connectivity index (χ2n) is 3.57. The molecule has 90 valence electrons. The first-order valence-corrected chi connectivity index (χ1v) is 5.19. The van der Waals surface area contributed by atoms with Crippen molar-refractivity contribution in [3.05, 3.63) is 34.9 Å². The maximum Gasteiger partial charge on any atom is 0.220 e. The van der Waals surface area contributed by atoms with E-state index < -0.39 is 17.7 Å². The standard InChI is InChI=1S/C13H9FN2O2/c1-2-11(17)12(14)13(18)10-4-8(6-15)3-9(5-10)7-16/h3-5,12H,2H2,1H3. The first-order valence-electron chi connectivity index (χ1n) is 5.19. The molecule has 0 saturated carbocycles. The predicted octanol–water partition coefficient (Wildman–Crippen LogP) is 1.93. The second-order valence-corrected chi connectivity index (χ2v) is 3.57. The van der Waals surface area contributed by atoms with Gasteiger partial charge in [-0.15, -0.1) is 0 Å². The molecule has 0 N–H and O–H groups in total. The summed E-state index contributed by atoms with van der Waals surface area (Å²) in [6, 6.07) is 7.15. The lowest BCUT2D eigenvalue weighted by Crippen LogP contribution is -2.25. The smallest absolute Gasteiger partial charge is 0.220 e. The average molecular weight is 244 g/mol. The molecule has 0 aliphatic heterocycles. The van der Waals surface area contributed by atoms with Crippen molar-refractivity contribution in [1.82, 2.24) is 0 Å². The van der Waals surface area contributed by atoms with Gasteiger partial charge in [-0.25, -0.2) is 4.39 Å². The molecule has 0 aliphatic carbocycles. The van der Waals surface area contributed by atoms with Gasteiger partial charge in [0.15, 0.2) is 5.78 Å². The number of benzene rings is 1. The Morgan fingerprint density at radius 1 is 1.22 bits per heavy atom. The second kappa shape index (κ2) is 5.70. The monoisotopic (exact) mass is 244 g/mol. The van der Waals surface area contributed by atoms with Crippen LogP contribution in [0.2, 0.25) is 0 Å². The van der Waals surface area contributed by atoms with E-state index in [4.69, 9.17) is 10.5 Å². The van der Waals surface area contributed by atoms with Crippen LogP contribution in [-0.4, -0.2) is 17.7 Å². The highest BCUT2D eigenvalue weighted by atomic mass is 19.1. The fraction of sp³-hybridized carbons (Fsp3) is 0.231. The van der Waals surface area contributed by atoms with Crippen LogP contribution in [-0.2, 0) is 4.79 Å². The number of nitrogens with zero attached hydrogens (tertiary/aromatic N) is 2. The predicted molar refractivity (Wildman–Crippen MR) is 60.4 cm³/mol. The Balaban J connectivity index is 3.18. The van der Waals surface area contributed by atoms with Gasteiger partial charge in [0.25, 0.3) is 0 Å². The summed E-state index contributed by atoms with van der Waals surface area (Å²) in [5.41, 5.74) is 0.0157. The third kappa shape index (κ3) is 2.78. The van der Waals surface area contributed by atoms with Crippen molar-refractivity contribution in [2.24, 2.45) is 0 Å². The van der Waals surface area contributed by atoms with Crippen LogP contribution in [0.3, 0.4) is 0 Å². The zero-order valence-corrected chi connectivity index (χ0v) is 9.61. The topological polar surface area (TPSA) is 81.7 Å². The summed E-state index contributed by atoms with van der Waals surface area (Å²) >= 11 is 0. The van der Waals surface area contributed by atoms with E-state index >= 15 is 0 Å². The number of hydrogen-bond donors (Lipinski definition) is 0. The molecule has 4 nitrogen and oxygen atoms in total. The van der Waals surface area contributed by atoms with Crippen molar-refractivity contribution in [2.45, 2.75) is 19.5 Å². The number of ketones is 2. The summed E-state index contributed by atoms with van der Waals surface area (Å²) in [5.74, 6) is -1.84. The molecule has 1 aromatic carbocycles. The molecule has 0 bridgehead atoms. The van der Waals surface area contributed by atoms with E-state index in [1.54, 1.807) is 12.1 Å². The maximum atomic E-state index is 13.5. The molecule has 0 spiro atoms. The number of alkyl halides is 1. The van der Waals surface area contributed by atoms with Crippen LogP contribution < -0.4 is 0 Å². The van der Waals surface area contributed by atoms with Gasteiger partial charge in [-0.2, -0.15) is 10.5 Å². The molecule has 0 saturated heterocycles. The van der Waals surface area contributed by atoms with Gasteiger partial charge in [-0.3, -0.25) is 9.59 Å². The van der Waals surface area contributed by atoms with Gasteiger partial charge in [0, 0.05) is 12.0 Å². The van der Waals surface area contributed by atoms with Crippen LogP contribution in [0, 0.1) is 22.7 Å². The Morgan fingerprint density at radius 2 is 1.72 bits per heavy atom. The van der Waals surface area contributed by atoms with E-state index in [9.17, 15) is 14.0 Å². The summed E-state index contributed by atoms with van der Waals surface area (Å²) < 4.78 is 13.5. The molecule has 1 unspecified atom stereocenters. The zero-order chi connectivity index (χ0) is 13.7. The van der Waals surface area contributed by atoms with Crippen molar-refractivity contribution in [3.63, 3.8) is 0 Å². The number of nitriles is 2. The molecular weight excluding hydrogens is 235 g/mol. The summed E-state index contributed by atoms with van der Waals surface area (Å²) in [4.78, 5) is 22.8. The molecule has 5 heteroatoms. The van der Waals surface area contributed by atoms with Gasteiger partial charge in [-0.05, 0) is 18.2 Å². The summed E-state index contributed by atoms with van der Waals surface area (Å²) in [7, 11) is 0. The Morgan fingerprint density at radius 3 is 2.11 bits per heavy atom. The van der Waals surface area contributed by atoms with E-state index in [0.717, 1.165) is 0 Å². The fourth-order valence-electron chi connectivity index (χ4n) is 1.37. The SMILES string of the molecule is CCC(=O)C(F)C(=O)c1cc(C#N)cc(C#N)c1. The van der Waals surface area contributed by atoms with Crippen LogP contribution in [0.5, 0.6) is 0 Å². The van der Waals surface area contributed by atoms with E-state index in [1.165, 1.54) is 25.1 Å². The number of halogens is 1. The summed E-state index contributed by atoms with van der Waals surface area (Å²) in [6.45, 7) is 1.45. The van der Waals surface area contributed by atoms with E-state index in [-0.39, 0.29) is 23.1 Å². The van der Waals surface area contributed by atoms with Gasteiger partial charge >= 0.3 is 0 Å². The Labute approximate surface area is 103 Å². The lowest BCUT2D eigenvalue weighted by Gasteiger charge is -2.05. The van der Waals surface area contributed by atoms with E-state index in [2.05, 4.69) is 0 Å². The van der Waals surface area contributed by atoms with Crippen LogP contribution in [0.25, 0.3) is 0 Å². The van der Waals surface area contributed by atoms with Crippen molar-refractivity contribution < 1.29 is 14.0 Å². The molecule has 1 atom stereocenters. The third-order valence-electron chi connectivity index (χ3n) is 2.34. The normalized spacial score (nSPS) is 11.1. The van der Waals surface area contributed by atoms with Crippen LogP contribution in [0.15, 0.2) is 18.2 Å². The molecule has 0 radical (unpaired) electrons. The Bertz CT molecular complexity index is 549. The minimum absolute atomic E-state index is 0.0774. The number of hydrogen-bond acceptors (Lipinski definition) is 4.